The van der Waals surface area contributed by atoms with Crippen molar-refractivity contribution in [3.8, 4) is 0 Å². The molecule has 0 aromatic carbocycles. The first-order valence-electron chi connectivity index (χ1n) is 6.74. The Morgan fingerprint density at radius 3 is 2.47 bits per heavy atom. The zero-order valence-corrected chi connectivity index (χ0v) is 10.4. The van der Waals surface area contributed by atoms with Crippen LogP contribution in [-0.4, -0.2) is 54.2 Å². The van der Waals surface area contributed by atoms with Crippen LogP contribution in [0.4, 0.5) is 0 Å². The lowest BCUT2D eigenvalue weighted by atomic mass is 9.77. The molecule has 2 rings (SSSR count). The third-order valence-corrected chi connectivity index (χ3v) is 4.15. The van der Waals surface area contributed by atoms with E-state index in [2.05, 4.69) is 4.90 Å². The molecule has 0 spiro atoms. The molecule has 1 unspecified atom stereocenters. The van der Waals surface area contributed by atoms with E-state index in [1.54, 1.807) is 0 Å². The summed E-state index contributed by atoms with van der Waals surface area (Å²) in [7, 11) is 0. The van der Waals surface area contributed by atoms with Gasteiger partial charge in [-0.2, -0.15) is 0 Å². The maximum atomic E-state index is 10.9. The minimum atomic E-state index is -0.656. The minimum Gasteiger partial charge on any atom is -0.388 e. The number of aldehydes is 1. The maximum absolute atomic E-state index is 10.9. The second-order valence-corrected chi connectivity index (χ2v) is 5.23. The molecule has 0 radical (unpaired) electrons. The number of morpholine rings is 1. The molecule has 2 aliphatic rings. The van der Waals surface area contributed by atoms with Crippen LogP contribution in [0.5, 0.6) is 0 Å². The third kappa shape index (κ3) is 3.06. The van der Waals surface area contributed by atoms with Crippen molar-refractivity contribution in [2.45, 2.75) is 50.2 Å². The Morgan fingerprint density at radius 2 is 1.88 bits per heavy atom. The van der Waals surface area contributed by atoms with Crippen molar-refractivity contribution in [3.05, 3.63) is 0 Å². The van der Waals surface area contributed by atoms with Gasteiger partial charge in [0, 0.05) is 25.6 Å². The number of ether oxygens (including phenoxy) is 1. The molecule has 1 saturated carbocycles. The summed E-state index contributed by atoms with van der Waals surface area (Å²) in [5, 5.41) is 10.8. The van der Waals surface area contributed by atoms with Gasteiger partial charge >= 0.3 is 0 Å². The topological polar surface area (TPSA) is 49.8 Å². The predicted molar refractivity (Wildman–Crippen MR) is 64.9 cm³/mol. The first kappa shape index (κ1) is 13.0. The summed E-state index contributed by atoms with van der Waals surface area (Å²) in [5.74, 6) is 0. The van der Waals surface area contributed by atoms with Gasteiger partial charge in [-0.15, -0.1) is 0 Å². The van der Waals surface area contributed by atoms with Crippen molar-refractivity contribution < 1.29 is 14.6 Å². The Bertz CT molecular complexity index is 245. The fourth-order valence-corrected chi connectivity index (χ4v) is 3.19. The molecule has 1 N–H and O–H groups in total. The molecule has 0 amide bonds. The molecule has 1 atom stereocenters. The Balaban J connectivity index is 2.05. The van der Waals surface area contributed by atoms with Crippen LogP contribution in [0.1, 0.15) is 38.5 Å². The minimum absolute atomic E-state index is 0.0100. The highest BCUT2D eigenvalue weighted by atomic mass is 16.5. The normalized spacial score (nSPS) is 27.6. The predicted octanol–water partition coefficient (Wildman–Crippen LogP) is 0.971. The van der Waals surface area contributed by atoms with Crippen molar-refractivity contribution >= 4 is 6.29 Å². The van der Waals surface area contributed by atoms with E-state index in [0.29, 0.717) is 19.6 Å². The fourth-order valence-electron chi connectivity index (χ4n) is 3.19. The van der Waals surface area contributed by atoms with Gasteiger partial charge in [0.05, 0.1) is 18.8 Å². The van der Waals surface area contributed by atoms with E-state index in [1.165, 1.54) is 6.42 Å². The van der Waals surface area contributed by atoms with Crippen molar-refractivity contribution in [2.24, 2.45) is 0 Å². The molecule has 1 aliphatic carbocycles. The van der Waals surface area contributed by atoms with Crippen molar-refractivity contribution in [1.29, 1.82) is 0 Å². The van der Waals surface area contributed by atoms with E-state index in [-0.39, 0.29) is 6.04 Å². The van der Waals surface area contributed by atoms with Crippen molar-refractivity contribution in [3.63, 3.8) is 0 Å². The lowest BCUT2D eigenvalue weighted by Gasteiger charge is -2.45. The molecule has 1 saturated heterocycles. The molecule has 1 aliphatic heterocycles. The van der Waals surface area contributed by atoms with Crippen LogP contribution in [0.3, 0.4) is 0 Å². The van der Waals surface area contributed by atoms with Crippen LogP contribution >= 0.6 is 0 Å². The number of carbonyl (C=O) groups excluding carboxylic acids is 1. The quantitative estimate of drug-likeness (QED) is 0.745. The highest BCUT2D eigenvalue weighted by Crippen LogP contribution is 2.34. The number of rotatable bonds is 4. The molecule has 17 heavy (non-hydrogen) atoms. The molecule has 0 bridgehead atoms. The molecule has 2 fully saturated rings. The zero-order chi connectivity index (χ0) is 12.1. The van der Waals surface area contributed by atoms with Gasteiger partial charge in [-0.1, -0.05) is 19.3 Å². The lowest BCUT2D eigenvalue weighted by Crippen LogP contribution is -2.56. The van der Waals surface area contributed by atoms with Gasteiger partial charge in [0.25, 0.3) is 0 Å². The monoisotopic (exact) mass is 241 g/mol. The average molecular weight is 241 g/mol. The first-order valence-corrected chi connectivity index (χ1v) is 6.74. The molecule has 0 aromatic rings. The SMILES string of the molecule is O=CCC(N1CCOCC1)C1(O)CCCCC1. The molecule has 1 heterocycles. The lowest BCUT2D eigenvalue weighted by molar-refractivity contribution is -0.120. The Morgan fingerprint density at radius 1 is 1.24 bits per heavy atom. The van der Waals surface area contributed by atoms with Gasteiger partial charge in [0.2, 0.25) is 0 Å². The molecule has 4 nitrogen and oxygen atoms in total. The van der Waals surface area contributed by atoms with Crippen LogP contribution in [0, 0.1) is 0 Å². The van der Waals surface area contributed by atoms with Gasteiger partial charge in [-0.25, -0.2) is 0 Å². The van der Waals surface area contributed by atoms with Crippen LogP contribution in [-0.2, 0) is 9.53 Å². The van der Waals surface area contributed by atoms with Crippen LogP contribution < -0.4 is 0 Å². The average Bonchev–Trinajstić information content (AvgIpc) is 2.38. The van der Waals surface area contributed by atoms with E-state index < -0.39 is 5.60 Å². The van der Waals surface area contributed by atoms with E-state index in [4.69, 9.17) is 4.74 Å². The van der Waals surface area contributed by atoms with Gasteiger partial charge in [0.15, 0.2) is 0 Å². The first-order chi connectivity index (χ1) is 8.26. The second-order valence-electron chi connectivity index (χ2n) is 5.23. The molecular weight excluding hydrogens is 218 g/mol. The number of hydrogen-bond donors (Lipinski definition) is 1. The van der Waals surface area contributed by atoms with Crippen molar-refractivity contribution in [2.75, 3.05) is 26.3 Å². The Hall–Kier alpha value is -0.450. The molecule has 0 aromatic heterocycles. The Labute approximate surface area is 103 Å². The summed E-state index contributed by atoms with van der Waals surface area (Å²) >= 11 is 0. The van der Waals surface area contributed by atoms with E-state index in [1.807, 2.05) is 0 Å². The number of hydrogen-bond acceptors (Lipinski definition) is 4. The van der Waals surface area contributed by atoms with Gasteiger partial charge < -0.3 is 14.6 Å². The second kappa shape index (κ2) is 5.94. The van der Waals surface area contributed by atoms with Crippen LogP contribution in [0.15, 0.2) is 0 Å². The maximum Gasteiger partial charge on any atom is 0.121 e. The van der Waals surface area contributed by atoms with E-state index >= 15 is 0 Å². The highest BCUT2D eigenvalue weighted by Gasteiger charge is 2.41. The third-order valence-electron chi connectivity index (χ3n) is 4.15. The zero-order valence-electron chi connectivity index (χ0n) is 10.4. The molecular formula is C13H23NO3. The Kier molecular flexibility index (Phi) is 4.54. The summed E-state index contributed by atoms with van der Waals surface area (Å²) in [6.07, 6.45) is 6.43. The number of carbonyl (C=O) groups is 1. The standard InChI is InChI=1S/C13H23NO3/c15-9-4-12(14-7-10-17-11-8-14)13(16)5-2-1-3-6-13/h9,12,16H,1-8,10-11H2. The van der Waals surface area contributed by atoms with E-state index in [0.717, 1.165) is 45.1 Å². The van der Waals surface area contributed by atoms with Crippen molar-refractivity contribution in [1.82, 2.24) is 4.90 Å². The largest absolute Gasteiger partial charge is 0.388 e. The fraction of sp³-hybridized carbons (Fsp3) is 0.923. The summed E-state index contributed by atoms with van der Waals surface area (Å²) in [5.41, 5.74) is -0.656. The van der Waals surface area contributed by atoms with Gasteiger partial charge in [-0.3, -0.25) is 4.90 Å². The number of nitrogens with zero attached hydrogens (tertiary/aromatic N) is 1. The van der Waals surface area contributed by atoms with Gasteiger partial charge in [0.1, 0.15) is 6.29 Å². The van der Waals surface area contributed by atoms with E-state index in [9.17, 15) is 9.90 Å². The molecule has 98 valence electrons. The van der Waals surface area contributed by atoms with Crippen LogP contribution in [0.2, 0.25) is 0 Å². The molecule has 4 heteroatoms. The summed E-state index contributed by atoms with van der Waals surface area (Å²) < 4.78 is 5.34. The number of aliphatic hydroxyl groups is 1. The summed E-state index contributed by atoms with van der Waals surface area (Å²) in [6, 6.07) is -0.0100. The van der Waals surface area contributed by atoms with Gasteiger partial charge in [-0.05, 0) is 12.8 Å². The smallest absolute Gasteiger partial charge is 0.121 e. The highest BCUT2D eigenvalue weighted by molar-refractivity contribution is 5.51. The van der Waals surface area contributed by atoms with Crippen LogP contribution in [0.25, 0.3) is 0 Å². The summed E-state index contributed by atoms with van der Waals surface area (Å²) in [6.45, 7) is 3.10. The summed E-state index contributed by atoms with van der Waals surface area (Å²) in [4.78, 5) is 13.1.